The molecule has 0 fully saturated rings. The molecular formula is C64H100N2Ni. The first-order chi connectivity index (χ1) is 33.1. The summed E-state index contributed by atoms with van der Waals surface area (Å²) in [6, 6.07) is 17.0. The Morgan fingerprint density at radius 2 is 0.955 bits per heavy atom. The molecule has 2 nitrogen and oxygen atoms in total. The molecule has 67 heavy (non-hydrogen) atoms. The maximum atomic E-state index is 11.5. The molecule has 0 spiro atoms. The first kappa shape index (κ1) is 59.9. The van der Waals surface area contributed by atoms with Crippen molar-refractivity contribution in [3.05, 3.63) is 122 Å². The zero-order valence-electron chi connectivity index (χ0n) is 44.1. The minimum atomic E-state index is 0.796. The fourth-order valence-corrected chi connectivity index (χ4v) is 9.55. The Hall–Kier alpha value is -3.21. The van der Waals surface area contributed by atoms with Gasteiger partial charge in [0.25, 0.3) is 0 Å². The van der Waals surface area contributed by atoms with E-state index in [1.54, 1.807) is 14.4 Å². The van der Waals surface area contributed by atoms with Crippen LogP contribution in [0.25, 0.3) is 16.9 Å². The third-order valence-corrected chi connectivity index (χ3v) is 13.8. The molecule has 0 radical (unpaired) electrons. The van der Waals surface area contributed by atoms with Crippen molar-refractivity contribution in [1.82, 2.24) is 0 Å². The van der Waals surface area contributed by atoms with Crippen molar-refractivity contribution in [2.24, 2.45) is 0 Å². The van der Waals surface area contributed by atoms with Crippen LogP contribution >= 0.6 is 0 Å². The summed E-state index contributed by atoms with van der Waals surface area (Å²) in [5.74, 6) is 6.31. The summed E-state index contributed by atoms with van der Waals surface area (Å²) < 4.78 is 1.36. The predicted molar refractivity (Wildman–Crippen MR) is 295 cm³/mol. The van der Waals surface area contributed by atoms with Crippen molar-refractivity contribution < 1.29 is 19.1 Å². The topological polar surface area (TPSA) is 25.3 Å². The van der Waals surface area contributed by atoms with Crippen LogP contribution in [-0.4, -0.2) is 4.70 Å². The Kier molecular flexibility index (Phi) is 39.4. The molecule has 0 amide bonds. The molecule has 0 aromatic heterocycles. The van der Waals surface area contributed by atoms with E-state index in [9.17, 15) is 5.53 Å². The van der Waals surface area contributed by atoms with Gasteiger partial charge >= 0.3 is 165 Å². The van der Waals surface area contributed by atoms with E-state index in [-0.39, 0.29) is 0 Å². The summed E-state index contributed by atoms with van der Waals surface area (Å²) in [4.78, 5) is 0. The smallest absolute Gasteiger partial charge is 0.0654 e. The molecule has 0 aliphatic carbocycles. The molecule has 1 aliphatic heterocycles. The third-order valence-electron chi connectivity index (χ3n) is 13.0. The molecule has 0 saturated carbocycles. The first-order valence-corrected chi connectivity index (χ1v) is 29.3. The summed E-state index contributed by atoms with van der Waals surface area (Å²) in [5.41, 5.74) is 18.6. The number of hydrogen-bond acceptors (Lipinski definition) is 0. The van der Waals surface area contributed by atoms with Crippen molar-refractivity contribution in [1.29, 1.82) is 0 Å². The molecule has 1 heterocycles. The van der Waals surface area contributed by atoms with Crippen LogP contribution < -0.4 is 0 Å². The van der Waals surface area contributed by atoms with Crippen molar-refractivity contribution in [3.63, 3.8) is 0 Å². The van der Waals surface area contributed by atoms with Gasteiger partial charge < -0.3 is 5.53 Å². The molecule has 0 N–H and O–H groups in total. The summed E-state index contributed by atoms with van der Waals surface area (Å²) in [5, 5.41) is 4.59. The van der Waals surface area contributed by atoms with Gasteiger partial charge in [0, 0.05) is 11.6 Å². The van der Waals surface area contributed by atoms with Gasteiger partial charge in [0.2, 0.25) is 11.4 Å². The number of hydrogen-bond donors (Lipinski definition) is 0. The molecule has 2 aromatic carbocycles. The maximum absolute atomic E-state index is 11.5. The average Bonchev–Trinajstić information content (AvgIpc) is 3.67. The molecule has 2 aromatic rings. The standard InChI is InChI=1S/C38H50N2.2C13H25.Ni/c1-4-7-9-10-11-12-13-14-15-16-17-18-19-26-33-27-20-21-29-36(33)38-35(23-6-3)31-37(40(38)39)34-28-22-25-32(30-34)24-8-5-2;2*1-3-5-7-9-11-13-12-10-8-6-4-2;/h16-17,20-22,25,27-31H,4-5,7-15,18-19,24,26H2,1-3H3;2*1,3H,4-13H2,2H3;. The molecule has 0 bridgehead atoms. The van der Waals surface area contributed by atoms with Crippen LogP contribution in [0, 0.1) is 11.8 Å². The number of benzene rings is 2. The van der Waals surface area contributed by atoms with Crippen LogP contribution in [0.1, 0.15) is 269 Å². The van der Waals surface area contributed by atoms with E-state index >= 15 is 0 Å². The molecule has 3 rings (SSSR count). The predicted octanol–water partition coefficient (Wildman–Crippen LogP) is 21.2. The minimum absolute atomic E-state index is 0.796. The fourth-order valence-electron chi connectivity index (χ4n) is 8.85. The van der Waals surface area contributed by atoms with E-state index in [1.165, 1.54) is 215 Å². The average molecular weight is 956 g/mol. The van der Waals surface area contributed by atoms with Crippen LogP contribution in [0.5, 0.6) is 0 Å². The van der Waals surface area contributed by atoms with Gasteiger partial charge in [0.1, 0.15) is 5.57 Å². The normalized spacial score (nSPS) is 12.7. The fraction of sp³-hybridized carbons (Fsp3) is 0.625. The Morgan fingerprint density at radius 1 is 0.493 bits per heavy atom. The summed E-state index contributed by atoms with van der Waals surface area (Å²) >= 11 is 1.67. The number of unbranched alkanes of at least 4 members (excludes halogenated alkanes) is 28. The first-order valence-electron chi connectivity index (χ1n) is 28.2. The number of allylic oxidation sites excluding steroid dienone is 6. The van der Waals surface area contributed by atoms with Crippen LogP contribution in [0.4, 0.5) is 0 Å². The summed E-state index contributed by atoms with van der Waals surface area (Å²) in [7, 11) is 0. The van der Waals surface area contributed by atoms with Crippen molar-refractivity contribution >= 4 is 11.4 Å². The van der Waals surface area contributed by atoms with Crippen LogP contribution in [0.3, 0.4) is 0 Å². The summed E-state index contributed by atoms with van der Waals surface area (Å²) in [6.07, 6.45) is 58.4. The number of aryl methyl sites for hydroxylation is 2. The van der Waals surface area contributed by atoms with E-state index in [0.717, 1.165) is 53.8 Å². The quantitative estimate of drug-likeness (QED) is 0.0209. The van der Waals surface area contributed by atoms with Crippen molar-refractivity contribution in [2.45, 2.75) is 259 Å². The molecule has 0 atom stereocenters. The Balaban J connectivity index is 0.000000500. The van der Waals surface area contributed by atoms with Crippen molar-refractivity contribution in [3.8, 4) is 11.8 Å². The number of rotatable bonds is 40. The Labute approximate surface area is 421 Å². The van der Waals surface area contributed by atoms with Gasteiger partial charge in [-0.25, -0.2) is 4.70 Å². The third kappa shape index (κ3) is 30.1. The van der Waals surface area contributed by atoms with Gasteiger partial charge in [0.05, 0.1) is 5.56 Å². The second-order valence-electron chi connectivity index (χ2n) is 19.1. The molecule has 0 unspecified atom stereocenters. The molecule has 0 saturated heterocycles. The van der Waals surface area contributed by atoms with Crippen LogP contribution in [0.2, 0.25) is 0 Å². The molecule has 1 aliphatic rings. The summed E-state index contributed by atoms with van der Waals surface area (Å²) in [6.45, 7) is 10.9. The van der Waals surface area contributed by atoms with Gasteiger partial charge in [0.15, 0.2) is 0 Å². The second-order valence-corrected chi connectivity index (χ2v) is 20.1. The van der Waals surface area contributed by atoms with Gasteiger partial charge in [-0.05, 0) is 81.2 Å². The Bertz CT molecular complexity index is 1710. The Morgan fingerprint density at radius 3 is 1.46 bits per heavy atom. The van der Waals surface area contributed by atoms with E-state index in [2.05, 4.69) is 122 Å². The van der Waals surface area contributed by atoms with Gasteiger partial charge in [-0.15, -0.1) is 5.92 Å². The van der Waals surface area contributed by atoms with Crippen LogP contribution in [0.15, 0.2) is 94.6 Å². The second kappa shape index (κ2) is 44.0. The van der Waals surface area contributed by atoms with Gasteiger partial charge in [-0.3, -0.25) is 0 Å². The van der Waals surface area contributed by atoms with Gasteiger partial charge in [-0.2, -0.15) is 0 Å². The SMILES string of the molecule is CC#CC1=C(c2ccccc2CCCC=CCCCCCCCCCC)[N+](=[N-])C(c2cccc(CCCC)c2)=C1.CCCCCCCCCCCC=[CH][Ni][CH]=CCCCCCCCCCCC. The molecule has 376 valence electrons. The number of nitrogens with zero attached hydrogens (tertiary/aromatic N) is 2. The monoisotopic (exact) mass is 955 g/mol. The van der Waals surface area contributed by atoms with E-state index in [1.807, 2.05) is 13.0 Å². The van der Waals surface area contributed by atoms with E-state index < -0.39 is 0 Å². The van der Waals surface area contributed by atoms with Crippen LogP contribution in [-0.2, 0) is 27.3 Å². The van der Waals surface area contributed by atoms with E-state index in [0.29, 0.717) is 0 Å². The molecule has 3 heteroatoms. The van der Waals surface area contributed by atoms with Gasteiger partial charge in [-0.1, -0.05) is 127 Å². The zero-order chi connectivity index (χ0) is 48.1. The van der Waals surface area contributed by atoms with Crippen molar-refractivity contribution in [2.75, 3.05) is 0 Å². The van der Waals surface area contributed by atoms with E-state index in [4.69, 9.17) is 0 Å². The molecular weight excluding hydrogens is 855 g/mol. The zero-order valence-corrected chi connectivity index (χ0v) is 45.1. The minimum Gasteiger partial charge on any atom is -0.0654 e.